The fourth-order valence-electron chi connectivity index (χ4n) is 3.42. The van der Waals surface area contributed by atoms with E-state index in [1.165, 1.54) is 0 Å². The third-order valence-corrected chi connectivity index (χ3v) is 5.54. The standard InChI is InChI=1S/C23H16Cl2N6O/c24-16-1-2-19-15(8-16)5-13(9-27-19)7-21-26-4-3-20(31-21)23(32)30-11-14-6-17-18(25)12-29-22(17)28-10-14/h1-6,8-10,12H,7,11H2,(H,28,29)(H,30,32). The third kappa shape index (κ3) is 4.26. The molecule has 0 fully saturated rings. The first-order chi connectivity index (χ1) is 15.5. The number of pyridine rings is 2. The Balaban J connectivity index is 1.29. The van der Waals surface area contributed by atoms with Gasteiger partial charge in [0.25, 0.3) is 5.91 Å². The van der Waals surface area contributed by atoms with Gasteiger partial charge in [-0.3, -0.25) is 9.78 Å². The highest BCUT2D eigenvalue weighted by atomic mass is 35.5. The SMILES string of the molecule is O=C(NCc1cnc2[nH]cc(Cl)c2c1)c1ccnc(Cc2cnc3ccc(Cl)cc3c2)n1. The Bertz CT molecular complexity index is 1470. The van der Waals surface area contributed by atoms with Crippen LogP contribution in [-0.2, 0) is 13.0 Å². The predicted octanol–water partition coefficient (Wildman–Crippen LogP) is 4.73. The number of fused-ring (bicyclic) bond motifs is 2. The van der Waals surface area contributed by atoms with Gasteiger partial charge in [0, 0.05) is 53.5 Å². The van der Waals surface area contributed by atoms with Gasteiger partial charge in [-0.2, -0.15) is 0 Å². The van der Waals surface area contributed by atoms with Crippen molar-refractivity contribution in [3.63, 3.8) is 0 Å². The molecule has 0 aliphatic heterocycles. The number of aromatic nitrogens is 5. The van der Waals surface area contributed by atoms with Crippen molar-refractivity contribution in [3.8, 4) is 0 Å². The molecule has 0 radical (unpaired) electrons. The molecule has 0 bridgehead atoms. The van der Waals surface area contributed by atoms with Crippen molar-refractivity contribution < 1.29 is 4.79 Å². The summed E-state index contributed by atoms with van der Waals surface area (Å²) in [7, 11) is 0. The monoisotopic (exact) mass is 462 g/mol. The highest BCUT2D eigenvalue weighted by molar-refractivity contribution is 6.35. The van der Waals surface area contributed by atoms with Crippen LogP contribution in [0.15, 0.2) is 61.2 Å². The molecule has 0 aliphatic carbocycles. The number of nitrogens with zero attached hydrogens (tertiary/aromatic N) is 4. The van der Waals surface area contributed by atoms with E-state index in [9.17, 15) is 4.79 Å². The first kappa shape index (κ1) is 20.4. The van der Waals surface area contributed by atoms with E-state index in [-0.39, 0.29) is 5.91 Å². The third-order valence-electron chi connectivity index (χ3n) is 4.99. The lowest BCUT2D eigenvalue weighted by molar-refractivity contribution is 0.0945. The molecule has 0 atom stereocenters. The molecule has 5 rings (SSSR count). The van der Waals surface area contributed by atoms with Crippen LogP contribution in [-0.4, -0.2) is 30.8 Å². The molecule has 0 saturated heterocycles. The number of benzene rings is 1. The molecule has 9 heteroatoms. The number of rotatable bonds is 5. The maximum absolute atomic E-state index is 12.6. The number of halogens is 2. The topological polar surface area (TPSA) is 96.5 Å². The number of nitrogens with one attached hydrogen (secondary N) is 2. The molecule has 0 saturated carbocycles. The molecule has 0 unspecified atom stereocenters. The lowest BCUT2D eigenvalue weighted by Crippen LogP contribution is -2.24. The van der Waals surface area contributed by atoms with E-state index in [0.29, 0.717) is 40.2 Å². The summed E-state index contributed by atoms with van der Waals surface area (Å²) >= 11 is 12.2. The Labute approximate surface area is 192 Å². The van der Waals surface area contributed by atoms with E-state index in [1.807, 2.05) is 30.3 Å². The molecule has 7 nitrogen and oxygen atoms in total. The summed E-state index contributed by atoms with van der Waals surface area (Å²) in [6.45, 7) is 0.304. The quantitative estimate of drug-likeness (QED) is 0.393. The Morgan fingerprint density at radius 3 is 2.78 bits per heavy atom. The number of H-pyrrole nitrogens is 1. The van der Waals surface area contributed by atoms with Crippen molar-refractivity contribution in [1.82, 2.24) is 30.2 Å². The fraction of sp³-hybridized carbons (Fsp3) is 0.0870. The van der Waals surface area contributed by atoms with Crippen molar-refractivity contribution in [1.29, 1.82) is 0 Å². The number of carbonyl (C=O) groups is 1. The van der Waals surface area contributed by atoms with Gasteiger partial charge in [0.2, 0.25) is 0 Å². The predicted molar refractivity (Wildman–Crippen MR) is 124 cm³/mol. The molecule has 5 aromatic rings. The summed E-state index contributed by atoms with van der Waals surface area (Å²) in [4.78, 5) is 33.1. The normalized spacial score (nSPS) is 11.2. The summed E-state index contributed by atoms with van der Waals surface area (Å²) in [6, 6.07) is 11.0. The van der Waals surface area contributed by atoms with Gasteiger partial charge in [0.05, 0.1) is 10.5 Å². The van der Waals surface area contributed by atoms with E-state index in [1.54, 1.807) is 30.9 Å². The van der Waals surface area contributed by atoms with Gasteiger partial charge in [-0.05, 0) is 47.5 Å². The summed E-state index contributed by atoms with van der Waals surface area (Å²) in [5.41, 5.74) is 3.62. The first-order valence-electron chi connectivity index (χ1n) is 9.81. The van der Waals surface area contributed by atoms with Crippen LogP contribution in [0, 0.1) is 0 Å². The number of hydrogen-bond donors (Lipinski definition) is 2. The molecule has 2 N–H and O–H groups in total. The molecule has 4 heterocycles. The molecule has 0 aliphatic rings. The van der Waals surface area contributed by atoms with Crippen molar-refractivity contribution in [2.75, 3.05) is 0 Å². The van der Waals surface area contributed by atoms with Crippen LogP contribution in [0.3, 0.4) is 0 Å². The summed E-state index contributed by atoms with van der Waals surface area (Å²) in [5.74, 6) is 0.236. The second kappa shape index (κ2) is 8.53. The van der Waals surface area contributed by atoms with Gasteiger partial charge in [-0.25, -0.2) is 15.0 Å². The van der Waals surface area contributed by atoms with Crippen LogP contribution in [0.2, 0.25) is 10.0 Å². The minimum Gasteiger partial charge on any atom is -0.347 e. The van der Waals surface area contributed by atoms with E-state index in [2.05, 4.69) is 30.2 Å². The average molecular weight is 463 g/mol. The number of aromatic amines is 1. The van der Waals surface area contributed by atoms with Crippen LogP contribution in [0.25, 0.3) is 21.9 Å². The molecule has 4 aromatic heterocycles. The van der Waals surface area contributed by atoms with Crippen LogP contribution >= 0.6 is 23.2 Å². The lowest BCUT2D eigenvalue weighted by atomic mass is 10.1. The first-order valence-corrected chi connectivity index (χ1v) is 10.6. The van der Waals surface area contributed by atoms with Gasteiger partial charge in [-0.1, -0.05) is 23.2 Å². The Hall–Kier alpha value is -3.55. The molecule has 32 heavy (non-hydrogen) atoms. The Morgan fingerprint density at radius 1 is 1.00 bits per heavy atom. The highest BCUT2D eigenvalue weighted by Crippen LogP contribution is 2.22. The molecular formula is C23H16Cl2N6O. The van der Waals surface area contributed by atoms with Crippen molar-refractivity contribution >= 4 is 51.0 Å². The van der Waals surface area contributed by atoms with Crippen LogP contribution in [0.4, 0.5) is 0 Å². The van der Waals surface area contributed by atoms with Crippen molar-refractivity contribution in [2.45, 2.75) is 13.0 Å². The maximum Gasteiger partial charge on any atom is 0.270 e. The highest BCUT2D eigenvalue weighted by Gasteiger charge is 2.11. The van der Waals surface area contributed by atoms with Gasteiger partial charge in [0.15, 0.2) is 0 Å². The molecule has 158 valence electrons. The number of amides is 1. The van der Waals surface area contributed by atoms with Gasteiger partial charge < -0.3 is 10.3 Å². The Morgan fingerprint density at radius 2 is 1.88 bits per heavy atom. The van der Waals surface area contributed by atoms with E-state index < -0.39 is 0 Å². The van der Waals surface area contributed by atoms with Gasteiger partial charge >= 0.3 is 0 Å². The zero-order chi connectivity index (χ0) is 22.1. The minimum atomic E-state index is -0.294. The number of hydrogen-bond acceptors (Lipinski definition) is 5. The fourth-order valence-corrected chi connectivity index (χ4v) is 3.80. The Kier molecular flexibility index (Phi) is 5.43. The van der Waals surface area contributed by atoms with E-state index in [4.69, 9.17) is 23.2 Å². The largest absolute Gasteiger partial charge is 0.347 e. The zero-order valence-electron chi connectivity index (χ0n) is 16.6. The number of carbonyl (C=O) groups excluding carboxylic acids is 1. The zero-order valence-corrected chi connectivity index (χ0v) is 18.2. The van der Waals surface area contributed by atoms with E-state index >= 15 is 0 Å². The van der Waals surface area contributed by atoms with E-state index in [0.717, 1.165) is 27.4 Å². The maximum atomic E-state index is 12.6. The van der Waals surface area contributed by atoms with Crippen LogP contribution < -0.4 is 5.32 Å². The smallest absolute Gasteiger partial charge is 0.270 e. The van der Waals surface area contributed by atoms with Crippen LogP contribution in [0.5, 0.6) is 0 Å². The van der Waals surface area contributed by atoms with Crippen molar-refractivity contribution in [3.05, 3.63) is 93.9 Å². The summed E-state index contributed by atoms with van der Waals surface area (Å²) in [6.07, 6.45) is 7.18. The molecule has 1 aromatic carbocycles. The molecule has 1 amide bonds. The van der Waals surface area contributed by atoms with Gasteiger partial charge in [-0.15, -0.1) is 0 Å². The second-order valence-electron chi connectivity index (χ2n) is 7.27. The van der Waals surface area contributed by atoms with Gasteiger partial charge in [0.1, 0.15) is 17.2 Å². The molecular weight excluding hydrogens is 447 g/mol. The lowest BCUT2D eigenvalue weighted by Gasteiger charge is -2.07. The van der Waals surface area contributed by atoms with Crippen LogP contribution in [0.1, 0.15) is 27.4 Å². The average Bonchev–Trinajstić information content (AvgIpc) is 3.17. The molecule has 0 spiro atoms. The van der Waals surface area contributed by atoms with Crippen molar-refractivity contribution in [2.24, 2.45) is 0 Å². The second-order valence-corrected chi connectivity index (χ2v) is 8.12. The summed E-state index contributed by atoms with van der Waals surface area (Å²) in [5, 5.41) is 5.86. The summed E-state index contributed by atoms with van der Waals surface area (Å²) < 4.78 is 0. The minimum absolute atomic E-state index is 0.292.